The molecule has 0 saturated heterocycles. The fraction of sp³-hybridized carbons (Fsp3) is 0.200. The Morgan fingerprint density at radius 1 is 1.18 bits per heavy atom. The predicted molar refractivity (Wildman–Crippen MR) is 65.1 cm³/mol. The highest BCUT2D eigenvalue weighted by Crippen LogP contribution is 2.15. The molecule has 2 rings (SSSR count). The van der Waals surface area contributed by atoms with Crippen LogP contribution in [0.4, 0.5) is 4.39 Å². The van der Waals surface area contributed by atoms with Crippen LogP contribution in [0.25, 0.3) is 0 Å². The molecule has 1 radical (unpaired) electrons. The van der Waals surface area contributed by atoms with Gasteiger partial charge in [-0.05, 0) is 36.2 Å². The molecule has 0 aliphatic heterocycles. The van der Waals surface area contributed by atoms with Crippen LogP contribution in [-0.4, -0.2) is 5.11 Å². The summed E-state index contributed by atoms with van der Waals surface area (Å²) in [7, 11) is 0. The van der Waals surface area contributed by atoms with Gasteiger partial charge >= 0.3 is 0 Å². The van der Waals surface area contributed by atoms with E-state index in [-0.39, 0.29) is 12.4 Å². The Morgan fingerprint density at radius 3 is 2.47 bits per heavy atom. The Bertz CT molecular complexity index is 503. The topological polar surface area (TPSA) is 20.2 Å². The van der Waals surface area contributed by atoms with Crippen molar-refractivity contribution in [1.29, 1.82) is 0 Å². The molecule has 87 valence electrons. The van der Waals surface area contributed by atoms with Crippen LogP contribution in [0.1, 0.15) is 22.3 Å². The van der Waals surface area contributed by atoms with E-state index >= 15 is 0 Å². The van der Waals surface area contributed by atoms with Gasteiger partial charge in [-0.25, -0.2) is 4.39 Å². The summed E-state index contributed by atoms with van der Waals surface area (Å²) in [4.78, 5) is 0. The lowest BCUT2D eigenvalue weighted by Crippen LogP contribution is -1.95. The van der Waals surface area contributed by atoms with Crippen LogP contribution < -0.4 is 0 Å². The predicted octanol–water partition coefficient (Wildman–Crippen LogP) is 3.02. The molecule has 0 aliphatic carbocycles. The van der Waals surface area contributed by atoms with Crippen molar-refractivity contribution < 1.29 is 9.50 Å². The van der Waals surface area contributed by atoms with Gasteiger partial charge in [0.25, 0.3) is 0 Å². The minimum Gasteiger partial charge on any atom is -0.392 e. The Morgan fingerprint density at radius 2 is 1.88 bits per heavy atom. The first kappa shape index (κ1) is 11.8. The van der Waals surface area contributed by atoms with Crippen LogP contribution in [0.5, 0.6) is 0 Å². The van der Waals surface area contributed by atoms with Crippen molar-refractivity contribution >= 4 is 0 Å². The zero-order chi connectivity index (χ0) is 12.3. The van der Waals surface area contributed by atoms with E-state index in [0.717, 1.165) is 5.56 Å². The van der Waals surface area contributed by atoms with Crippen LogP contribution in [-0.2, 0) is 13.0 Å². The molecule has 0 bridgehead atoms. The maximum atomic E-state index is 13.7. The number of halogens is 1. The van der Waals surface area contributed by atoms with Crippen LogP contribution >= 0.6 is 0 Å². The van der Waals surface area contributed by atoms with Gasteiger partial charge in [0.2, 0.25) is 0 Å². The van der Waals surface area contributed by atoms with Gasteiger partial charge in [0.05, 0.1) is 6.61 Å². The molecular weight excluding hydrogens is 215 g/mol. The van der Waals surface area contributed by atoms with Crippen LogP contribution in [0.2, 0.25) is 0 Å². The first-order valence-electron chi connectivity index (χ1n) is 5.54. The summed E-state index contributed by atoms with van der Waals surface area (Å²) in [6, 6.07) is 13.9. The summed E-state index contributed by atoms with van der Waals surface area (Å²) in [5.41, 5.74) is 3.33. The highest BCUT2D eigenvalue weighted by atomic mass is 19.1. The number of benzene rings is 2. The minimum atomic E-state index is -0.308. The molecule has 0 fully saturated rings. The highest BCUT2D eigenvalue weighted by Gasteiger charge is 2.04. The first-order valence-corrected chi connectivity index (χ1v) is 5.54. The number of hydrogen-bond donors (Lipinski definition) is 1. The van der Waals surface area contributed by atoms with E-state index in [1.54, 1.807) is 6.07 Å². The molecule has 0 atom stereocenters. The second-order valence-corrected chi connectivity index (χ2v) is 4.15. The maximum absolute atomic E-state index is 13.7. The Labute approximate surface area is 101 Å². The second-order valence-electron chi connectivity index (χ2n) is 4.15. The molecule has 0 amide bonds. The fourth-order valence-corrected chi connectivity index (χ4v) is 1.68. The molecule has 0 spiro atoms. The molecule has 2 aromatic carbocycles. The third kappa shape index (κ3) is 2.92. The fourth-order valence-electron chi connectivity index (χ4n) is 1.68. The maximum Gasteiger partial charge on any atom is 0.127 e. The van der Waals surface area contributed by atoms with Crippen molar-refractivity contribution in [1.82, 2.24) is 0 Å². The van der Waals surface area contributed by atoms with E-state index in [1.165, 1.54) is 11.6 Å². The average Bonchev–Trinajstić information content (AvgIpc) is 2.34. The monoisotopic (exact) mass is 229 g/mol. The third-order valence-electron chi connectivity index (χ3n) is 2.72. The van der Waals surface area contributed by atoms with Crippen molar-refractivity contribution in [2.24, 2.45) is 0 Å². The van der Waals surface area contributed by atoms with Gasteiger partial charge in [-0.1, -0.05) is 29.8 Å². The van der Waals surface area contributed by atoms with Crippen molar-refractivity contribution in [2.45, 2.75) is 20.0 Å². The lowest BCUT2D eigenvalue weighted by Gasteiger charge is -2.05. The van der Waals surface area contributed by atoms with Gasteiger partial charge < -0.3 is 5.11 Å². The minimum absolute atomic E-state index is 0.155. The zero-order valence-electron chi connectivity index (χ0n) is 9.70. The second kappa shape index (κ2) is 5.11. The molecule has 0 aliphatic rings. The van der Waals surface area contributed by atoms with Crippen LogP contribution in [0.15, 0.2) is 36.4 Å². The van der Waals surface area contributed by atoms with Gasteiger partial charge in [0.1, 0.15) is 5.82 Å². The summed E-state index contributed by atoms with van der Waals surface area (Å²) in [6.07, 6.45) is 0.526. The largest absolute Gasteiger partial charge is 0.392 e. The van der Waals surface area contributed by atoms with Gasteiger partial charge in [0, 0.05) is 12.0 Å². The Balaban J connectivity index is 2.21. The van der Waals surface area contributed by atoms with Crippen LogP contribution in [0, 0.1) is 18.8 Å². The molecule has 2 heteroatoms. The van der Waals surface area contributed by atoms with E-state index in [2.05, 4.69) is 6.07 Å². The van der Waals surface area contributed by atoms with Crippen molar-refractivity contribution in [3.63, 3.8) is 0 Å². The molecule has 0 heterocycles. The number of aliphatic hydroxyl groups excluding tert-OH is 1. The Hall–Kier alpha value is -1.67. The van der Waals surface area contributed by atoms with E-state index in [4.69, 9.17) is 5.11 Å². The van der Waals surface area contributed by atoms with E-state index < -0.39 is 0 Å². The summed E-state index contributed by atoms with van der Waals surface area (Å²) in [6.45, 7) is 1.87. The smallest absolute Gasteiger partial charge is 0.127 e. The molecule has 0 unspecified atom stereocenters. The van der Waals surface area contributed by atoms with E-state index in [9.17, 15) is 4.39 Å². The van der Waals surface area contributed by atoms with Gasteiger partial charge in [-0.2, -0.15) is 0 Å². The van der Waals surface area contributed by atoms with Crippen molar-refractivity contribution in [3.8, 4) is 0 Å². The van der Waals surface area contributed by atoms with Crippen LogP contribution in [0.3, 0.4) is 0 Å². The van der Waals surface area contributed by atoms with Gasteiger partial charge in [0.15, 0.2) is 0 Å². The number of rotatable bonds is 3. The van der Waals surface area contributed by atoms with Crippen molar-refractivity contribution in [2.75, 3.05) is 0 Å². The number of hydrogen-bond acceptors (Lipinski definition) is 1. The molecule has 1 nitrogen and oxygen atoms in total. The quantitative estimate of drug-likeness (QED) is 0.857. The standard InChI is InChI=1S/C15H14FO/c1-11-2-4-12(5-3-11)8-14-7-6-13(10-17)9-15(14)16/h2-6,9,17H,8,10H2,1H3. The highest BCUT2D eigenvalue weighted by molar-refractivity contribution is 5.30. The third-order valence-corrected chi connectivity index (χ3v) is 2.72. The SMILES string of the molecule is Cc1ccc(Cc2[c]cc(CO)cc2F)cc1. The molecule has 2 aromatic rings. The number of aryl methyl sites for hydroxylation is 1. The van der Waals surface area contributed by atoms with E-state index in [1.807, 2.05) is 31.2 Å². The normalized spacial score (nSPS) is 10.5. The van der Waals surface area contributed by atoms with Crippen molar-refractivity contribution in [3.05, 3.63) is 70.5 Å². The zero-order valence-corrected chi connectivity index (χ0v) is 9.70. The molecule has 1 N–H and O–H groups in total. The molecule has 0 saturated carbocycles. The van der Waals surface area contributed by atoms with Gasteiger partial charge in [-0.3, -0.25) is 0 Å². The average molecular weight is 229 g/mol. The Kier molecular flexibility index (Phi) is 3.55. The first-order chi connectivity index (χ1) is 8.19. The molecule has 17 heavy (non-hydrogen) atoms. The summed E-state index contributed by atoms with van der Waals surface area (Å²) < 4.78 is 13.7. The molecular formula is C15H14FO. The summed E-state index contributed by atoms with van der Waals surface area (Å²) in [5, 5.41) is 8.89. The summed E-state index contributed by atoms with van der Waals surface area (Å²) in [5.74, 6) is -0.308. The van der Waals surface area contributed by atoms with E-state index in [0.29, 0.717) is 17.5 Å². The summed E-state index contributed by atoms with van der Waals surface area (Å²) >= 11 is 0. The molecule has 0 aromatic heterocycles. The lowest BCUT2D eigenvalue weighted by atomic mass is 10.0. The van der Waals surface area contributed by atoms with Gasteiger partial charge in [-0.15, -0.1) is 0 Å². The lowest BCUT2D eigenvalue weighted by molar-refractivity contribution is 0.281. The number of aliphatic hydroxyl groups is 1.